The van der Waals surface area contributed by atoms with E-state index in [2.05, 4.69) is 17.6 Å². The SMILES string of the molecule is CC(CC(=O)NCC1(CS(C)(=O)=O)CC1)C1CCNCC1. The summed E-state index contributed by atoms with van der Waals surface area (Å²) >= 11 is 0. The summed E-state index contributed by atoms with van der Waals surface area (Å²) in [6.07, 6.45) is 5.93. The Balaban J connectivity index is 1.72. The number of piperidine rings is 1. The normalized spacial score (nSPS) is 23.5. The van der Waals surface area contributed by atoms with Crippen LogP contribution in [0.15, 0.2) is 0 Å². The van der Waals surface area contributed by atoms with E-state index in [1.807, 2.05) is 0 Å². The molecule has 122 valence electrons. The molecule has 2 N–H and O–H groups in total. The maximum absolute atomic E-state index is 12.1. The van der Waals surface area contributed by atoms with Crippen molar-refractivity contribution in [2.75, 3.05) is 31.6 Å². The molecule has 0 spiro atoms. The molecule has 1 saturated carbocycles. The average molecular weight is 316 g/mol. The fourth-order valence-electron chi connectivity index (χ4n) is 3.34. The second-order valence-electron chi connectivity index (χ2n) is 7.12. The van der Waals surface area contributed by atoms with Crippen LogP contribution in [0.4, 0.5) is 0 Å². The summed E-state index contributed by atoms with van der Waals surface area (Å²) in [4.78, 5) is 12.1. The minimum absolute atomic E-state index is 0.0702. The van der Waals surface area contributed by atoms with Crippen molar-refractivity contribution >= 4 is 15.7 Å². The minimum atomic E-state index is -2.97. The Morgan fingerprint density at radius 2 is 1.95 bits per heavy atom. The van der Waals surface area contributed by atoms with Gasteiger partial charge in [0.2, 0.25) is 5.91 Å². The van der Waals surface area contributed by atoms with Gasteiger partial charge in [-0.2, -0.15) is 0 Å². The van der Waals surface area contributed by atoms with Gasteiger partial charge in [-0.25, -0.2) is 8.42 Å². The highest BCUT2D eigenvalue weighted by atomic mass is 32.2. The molecule has 2 fully saturated rings. The number of carbonyl (C=O) groups is 1. The molecule has 0 aromatic heterocycles. The summed E-state index contributed by atoms with van der Waals surface area (Å²) in [6, 6.07) is 0. The van der Waals surface area contributed by atoms with Gasteiger partial charge in [-0.05, 0) is 50.6 Å². The Labute approximate surface area is 128 Å². The summed E-state index contributed by atoms with van der Waals surface area (Å²) < 4.78 is 22.8. The lowest BCUT2D eigenvalue weighted by atomic mass is 9.84. The summed E-state index contributed by atoms with van der Waals surface area (Å²) in [6.45, 7) is 4.76. The van der Waals surface area contributed by atoms with Crippen molar-refractivity contribution in [2.45, 2.75) is 39.0 Å². The molecule has 0 aromatic rings. The third kappa shape index (κ3) is 5.58. The van der Waals surface area contributed by atoms with Gasteiger partial charge in [0.15, 0.2) is 0 Å². The van der Waals surface area contributed by atoms with Gasteiger partial charge in [0.1, 0.15) is 9.84 Å². The van der Waals surface area contributed by atoms with Crippen molar-refractivity contribution in [1.82, 2.24) is 10.6 Å². The highest BCUT2D eigenvalue weighted by molar-refractivity contribution is 7.90. The highest BCUT2D eigenvalue weighted by Crippen LogP contribution is 2.46. The van der Waals surface area contributed by atoms with Crippen molar-refractivity contribution < 1.29 is 13.2 Å². The van der Waals surface area contributed by atoms with Crippen LogP contribution in [0.25, 0.3) is 0 Å². The molecule has 0 aromatic carbocycles. The van der Waals surface area contributed by atoms with Crippen molar-refractivity contribution in [3.8, 4) is 0 Å². The van der Waals surface area contributed by atoms with Gasteiger partial charge in [0.05, 0.1) is 5.75 Å². The van der Waals surface area contributed by atoms with E-state index in [4.69, 9.17) is 0 Å². The second-order valence-corrected chi connectivity index (χ2v) is 9.26. The van der Waals surface area contributed by atoms with Gasteiger partial charge in [-0.15, -0.1) is 0 Å². The number of rotatable bonds is 7. The number of nitrogens with one attached hydrogen (secondary N) is 2. The van der Waals surface area contributed by atoms with Gasteiger partial charge in [0.25, 0.3) is 0 Å². The topological polar surface area (TPSA) is 75.3 Å². The third-order valence-corrected chi connectivity index (χ3v) is 6.02. The molecular weight excluding hydrogens is 288 g/mol. The molecule has 1 unspecified atom stereocenters. The second kappa shape index (κ2) is 6.65. The first-order valence-electron chi connectivity index (χ1n) is 7.95. The highest BCUT2D eigenvalue weighted by Gasteiger charge is 2.45. The molecule has 1 amide bonds. The smallest absolute Gasteiger partial charge is 0.220 e. The molecule has 6 heteroatoms. The van der Waals surface area contributed by atoms with Crippen LogP contribution in [0.2, 0.25) is 0 Å². The van der Waals surface area contributed by atoms with E-state index >= 15 is 0 Å². The summed E-state index contributed by atoms with van der Waals surface area (Å²) in [5, 5.41) is 6.30. The van der Waals surface area contributed by atoms with Crippen LogP contribution < -0.4 is 10.6 Å². The molecular formula is C15H28N2O3S. The molecule has 1 aliphatic heterocycles. The zero-order valence-electron chi connectivity index (χ0n) is 13.2. The molecule has 1 saturated heterocycles. The van der Waals surface area contributed by atoms with Gasteiger partial charge in [-0.3, -0.25) is 4.79 Å². The van der Waals surface area contributed by atoms with E-state index in [9.17, 15) is 13.2 Å². The van der Waals surface area contributed by atoms with E-state index in [1.165, 1.54) is 6.26 Å². The van der Waals surface area contributed by atoms with Crippen molar-refractivity contribution in [3.63, 3.8) is 0 Å². The zero-order chi connectivity index (χ0) is 15.5. The first-order valence-corrected chi connectivity index (χ1v) is 10.0. The largest absolute Gasteiger partial charge is 0.356 e. The lowest BCUT2D eigenvalue weighted by Gasteiger charge is -2.28. The maximum Gasteiger partial charge on any atom is 0.220 e. The van der Waals surface area contributed by atoms with Crippen LogP contribution in [0.1, 0.15) is 39.0 Å². The fraction of sp³-hybridized carbons (Fsp3) is 0.933. The van der Waals surface area contributed by atoms with E-state index in [-0.39, 0.29) is 17.1 Å². The van der Waals surface area contributed by atoms with Gasteiger partial charge >= 0.3 is 0 Å². The molecule has 5 nitrogen and oxygen atoms in total. The Bertz CT molecular complexity index is 465. The number of hydrogen-bond donors (Lipinski definition) is 2. The van der Waals surface area contributed by atoms with Crippen LogP contribution in [0.5, 0.6) is 0 Å². The van der Waals surface area contributed by atoms with Gasteiger partial charge in [-0.1, -0.05) is 6.92 Å². The summed E-state index contributed by atoms with van der Waals surface area (Å²) in [7, 11) is -2.97. The zero-order valence-corrected chi connectivity index (χ0v) is 14.0. The lowest BCUT2D eigenvalue weighted by molar-refractivity contribution is -0.122. The standard InChI is InChI=1S/C15H28N2O3S/c1-12(13-3-7-16-8-4-13)9-14(18)17-10-15(5-6-15)11-21(2,19)20/h12-13,16H,3-11H2,1-2H3,(H,17,18). The van der Waals surface area contributed by atoms with Crippen molar-refractivity contribution in [2.24, 2.45) is 17.3 Å². The van der Waals surface area contributed by atoms with Crippen molar-refractivity contribution in [1.29, 1.82) is 0 Å². The monoisotopic (exact) mass is 316 g/mol. The predicted molar refractivity (Wildman–Crippen MR) is 83.8 cm³/mol. The van der Waals surface area contributed by atoms with Crippen LogP contribution >= 0.6 is 0 Å². The number of amides is 1. The fourth-order valence-corrected chi connectivity index (χ4v) is 4.84. The average Bonchev–Trinajstić information content (AvgIpc) is 3.15. The quantitative estimate of drug-likeness (QED) is 0.733. The van der Waals surface area contributed by atoms with Crippen LogP contribution in [0.3, 0.4) is 0 Å². The van der Waals surface area contributed by atoms with Crippen molar-refractivity contribution in [3.05, 3.63) is 0 Å². The molecule has 1 aliphatic carbocycles. The van der Waals surface area contributed by atoms with Crippen LogP contribution in [0, 0.1) is 17.3 Å². The first-order chi connectivity index (χ1) is 9.80. The predicted octanol–water partition coefficient (Wildman–Crippen LogP) is 0.953. The molecule has 21 heavy (non-hydrogen) atoms. The minimum Gasteiger partial charge on any atom is -0.356 e. The molecule has 1 heterocycles. The number of sulfone groups is 1. The van der Waals surface area contributed by atoms with E-state index in [1.54, 1.807) is 0 Å². The number of carbonyl (C=O) groups excluding carboxylic acids is 1. The van der Waals surface area contributed by atoms with Crippen LogP contribution in [-0.4, -0.2) is 46.0 Å². The molecule has 2 rings (SSSR count). The Morgan fingerprint density at radius 1 is 1.33 bits per heavy atom. The molecule has 1 atom stereocenters. The van der Waals surface area contributed by atoms with Gasteiger partial charge in [0, 0.05) is 24.6 Å². The van der Waals surface area contributed by atoms with E-state index in [0.717, 1.165) is 38.8 Å². The Morgan fingerprint density at radius 3 is 2.48 bits per heavy atom. The van der Waals surface area contributed by atoms with Gasteiger partial charge < -0.3 is 10.6 Å². The Hall–Kier alpha value is -0.620. The van der Waals surface area contributed by atoms with E-state index in [0.29, 0.717) is 24.8 Å². The number of hydrogen-bond acceptors (Lipinski definition) is 4. The third-order valence-electron chi connectivity index (χ3n) is 4.88. The molecule has 0 bridgehead atoms. The maximum atomic E-state index is 12.1. The summed E-state index contributed by atoms with van der Waals surface area (Å²) in [5.41, 5.74) is -0.179. The molecule has 2 aliphatic rings. The summed E-state index contributed by atoms with van der Waals surface area (Å²) in [5.74, 6) is 1.30. The van der Waals surface area contributed by atoms with E-state index < -0.39 is 9.84 Å². The van der Waals surface area contributed by atoms with Crippen LogP contribution in [-0.2, 0) is 14.6 Å². The first kappa shape index (κ1) is 16.7. The molecule has 0 radical (unpaired) electrons. The Kier molecular flexibility index (Phi) is 5.30. The lowest BCUT2D eigenvalue weighted by Crippen LogP contribution is -2.36.